The third-order valence-corrected chi connectivity index (χ3v) is 12.1. The zero-order valence-electron chi connectivity index (χ0n) is 17.4. The number of hydrogen-bond donors (Lipinski definition) is 0. The highest BCUT2D eigenvalue weighted by Gasteiger charge is 2.46. The van der Waals surface area contributed by atoms with Crippen molar-refractivity contribution in [2.45, 2.75) is 37.8 Å². The summed E-state index contributed by atoms with van der Waals surface area (Å²) in [6.45, 7) is -1.66. The molecule has 1 saturated carbocycles. The quantitative estimate of drug-likeness (QED) is 0.376. The Hall–Kier alpha value is -2.37. The van der Waals surface area contributed by atoms with E-state index in [1.807, 2.05) is 30.3 Å². The number of benzene rings is 3. The van der Waals surface area contributed by atoms with Gasteiger partial charge in [0.05, 0.1) is 0 Å². The second kappa shape index (κ2) is 8.40. The van der Waals surface area contributed by atoms with Gasteiger partial charge in [0.1, 0.15) is 0 Å². The van der Waals surface area contributed by atoms with Crippen LogP contribution in [0, 0.1) is 11.8 Å². The molecule has 0 radical (unpaired) electrons. The molecular weight excluding hydrogens is 383 g/mol. The van der Waals surface area contributed by atoms with Crippen LogP contribution in [0.15, 0.2) is 91.0 Å². The van der Waals surface area contributed by atoms with Crippen molar-refractivity contribution in [3.8, 4) is 0 Å². The van der Waals surface area contributed by atoms with Crippen molar-refractivity contribution in [3.05, 3.63) is 96.6 Å². The van der Waals surface area contributed by atoms with Gasteiger partial charge in [0.25, 0.3) is 0 Å². The molecule has 1 heterocycles. The minimum Gasteiger partial charge on any atom is -0.294 e. The molecule has 2 aliphatic rings. The largest absolute Gasteiger partial charge is 0.294 e. The van der Waals surface area contributed by atoms with Crippen molar-refractivity contribution in [3.63, 3.8) is 0 Å². The second-order valence-electron chi connectivity index (χ2n) is 8.71. The minimum absolute atomic E-state index is 0.163. The van der Waals surface area contributed by atoms with Gasteiger partial charge in [-0.3, -0.25) is 4.79 Å². The van der Waals surface area contributed by atoms with Crippen LogP contribution in [0.1, 0.15) is 42.5 Å². The molecule has 0 spiro atoms. The average Bonchev–Trinajstić information content (AvgIpc) is 3.48. The molecule has 0 amide bonds. The van der Waals surface area contributed by atoms with Gasteiger partial charge in [0.15, 0.2) is 5.78 Å². The Balaban J connectivity index is 1.59. The van der Waals surface area contributed by atoms with E-state index in [4.69, 9.17) is 0 Å². The van der Waals surface area contributed by atoms with Crippen LogP contribution in [0.4, 0.5) is 0 Å². The Labute approximate surface area is 180 Å². The van der Waals surface area contributed by atoms with Crippen LogP contribution in [0.3, 0.4) is 0 Å². The SMILES string of the molecule is O=C(c1ccccc1)C1CCCC1C1CCC=P1(c1ccccc1)c1ccccc1. The molecule has 1 aliphatic heterocycles. The van der Waals surface area contributed by atoms with Crippen molar-refractivity contribution in [1.29, 1.82) is 0 Å². The molecule has 5 rings (SSSR count). The number of rotatable bonds is 5. The Morgan fingerprint density at radius 3 is 1.87 bits per heavy atom. The summed E-state index contributed by atoms with van der Waals surface area (Å²) in [6, 6.07) is 32.3. The van der Waals surface area contributed by atoms with Crippen LogP contribution in [-0.4, -0.2) is 17.2 Å². The molecule has 0 aromatic heterocycles. The number of hydrogen-bond acceptors (Lipinski definition) is 1. The van der Waals surface area contributed by atoms with Gasteiger partial charge < -0.3 is 0 Å². The van der Waals surface area contributed by atoms with E-state index in [-0.39, 0.29) is 5.92 Å². The van der Waals surface area contributed by atoms with E-state index >= 15 is 0 Å². The van der Waals surface area contributed by atoms with E-state index < -0.39 is 6.89 Å². The van der Waals surface area contributed by atoms with Gasteiger partial charge >= 0.3 is 0 Å². The van der Waals surface area contributed by atoms with Crippen LogP contribution >= 0.6 is 6.89 Å². The Bertz CT molecular complexity index is 1010. The summed E-state index contributed by atoms with van der Waals surface area (Å²) < 4.78 is 0. The predicted molar refractivity (Wildman–Crippen MR) is 130 cm³/mol. The van der Waals surface area contributed by atoms with Gasteiger partial charge in [-0.25, -0.2) is 0 Å². The van der Waals surface area contributed by atoms with E-state index in [1.165, 1.54) is 29.9 Å². The molecule has 2 heteroatoms. The van der Waals surface area contributed by atoms with Crippen LogP contribution < -0.4 is 10.6 Å². The highest BCUT2D eigenvalue weighted by molar-refractivity contribution is 7.89. The lowest BCUT2D eigenvalue weighted by atomic mass is 9.85. The lowest BCUT2D eigenvalue weighted by molar-refractivity contribution is 0.0888. The zero-order valence-corrected chi connectivity index (χ0v) is 18.3. The fourth-order valence-corrected chi connectivity index (χ4v) is 11.1. The first kappa shape index (κ1) is 19.6. The van der Waals surface area contributed by atoms with E-state index in [0.29, 0.717) is 17.4 Å². The maximum Gasteiger partial charge on any atom is 0.166 e. The molecule has 1 nitrogen and oxygen atoms in total. The highest BCUT2D eigenvalue weighted by atomic mass is 31.2. The third-order valence-electron chi connectivity index (χ3n) is 7.23. The smallest absolute Gasteiger partial charge is 0.166 e. The fourth-order valence-electron chi connectivity index (χ4n) is 5.99. The highest BCUT2D eigenvalue weighted by Crippen LogP contribution is 2.61. The summed E-state index contributed by atoms with van der Waals surface area (Å²) in [4.78, 5) is 13.5. The van der Waals surface area contributed by atoms with Gasteiger partial charge in [-0.15, -0.1) is 0 Å². The third kappa shape index (κ3) is 3.30. The molecule has 3 aromatic rings. The van der Waals surface area contributed by atoms with Gasteiger partial charge in [0.2, 0.25) is 0 Å². The summed E-state index contributed by atoms with van der Waals surface area (Å²) >= 11 is 0. The molecule has 3 atom stereocenters. The molecule has 152 valence electrons. The number of carbonyl (C=O) groups excluding carboxylic acids is 1. The Morgan fingerprint density at radius 2 is 1.27 bits per heavy atom. The lowest BCUT2D eigenvalue weighted by Crippen LogP contribution is -2.34. The second-order valence-corrected chi connectivity index (χ2v) is 12.3. The average molecular weight is 413 g/mol. The maximum atomic E-state index is 13.5. The van der Waals surface area contributed by atoms with Gasteiger partial charge in [0, 0.05) is 11.5 Å². The van der Waals surface area contributed by atoms with E-state index in [0.717, 1.165) is 18.4 Å². The molecule has 1 fully saturated rings. The lowest BCUT2D eigenvalue weighted by Gasteiger charge is -2.38. The zero-order chi connectivity index (χ0) is 20.4. The molecule has 0 N–H and O–H groups in total. The van der Waals surface area contributed by atoms with Gasteiger partial charge in [-0.2, -0.15) is 0 Å². The van der Waals surface area contributed by atoms with Crippen molar-refractivity contribution < 1.29 is 4.79 Å². The summed E-state index contributed by atoms with van der Waals surface area (Å²) in [5.41, 5.74) is 1.46. The Morgan fingerprint density at radius 1 is 0.700 bits per heavy atom. The molecule has 1 aliphatic carbocycles. The van der Waals surface area contributed by atoms with Gasteiger partial charge in [-0.05, 0) is 47.9 Å². The summed E-state index contributed by atoms with van der Waals surface area (Å²) in [6.07, 6.45) is 5.77. The molecule has 0 bridgehead atoms. The van der Waals surface area contributed by atoms with Crippen LogP contribution in [-0.2, 0) is 0 Å². The van der Waals surface area contributed by atoms with Crippen molar-refractivity contribution in [2.24, 2.45) is 11.8 Å². The first-order chi connectivity index (χ1) is 14.8. The first-order valence-corrected chi connectivity index (χ1v) is 13.2. The first-order valence-electron chi connectivity index (χ1n) is 11.2. The number of Topliss-reactive ketones (excluding diaryl/α,β-unsaturated/α-hetero) is 1. The Kier molecular flexibility index (Phi) is 5.48. The minimum atomic E-state index is -1.66. The standard InChI is InChI=1S/C28H29OP/c29-28(22-12-4-1-5-13-22)26-19-10-18-25(26)27-20-11-21-30(27,23-14-6-2-7-15-23)24-16-8-3-9-17-24/h1-9,12-17,21,25-27H,10-11,18-20H2. The van der Waals surface area contributed by atoms with E-state index in [2.05, 4.69) is 66.5 Å². The molecule has 0 saturated heterocycles. The van der Waals surface area contributed by atoms with Crippen molar-refractivity contribution >= 4 is 29.1 Å². The topological polar surface area (TPSA) is 17.1 Å². The molecule has 3 aromatic carbocycles. The van der Waals surface area contributed by atoms with E-state index in [1.54, 1.807) is 0 Å². The predicted octanol–water partition coefficient (Wildman–Crippen LogP) is 5.92. The monoisotopic (exact) mass is 412 g/mol. The summed E-state index contributed by atoms with van der Waals surface area (Å²) in [7, 11) is 0. The normalized spacial score (nSPS) is 25.0. The molecular formula is C28H29OP. The molecule has 30 heavy (non-hydrogen) atoms. The number of ketones is 1. The number of carbonyl (C=O) groups is 1. The van der Waals surface area contributed by atoms with Crippen LogP contribution in [0.25, 0.3) is 0 Å². The maximum absolute atomic E-state index is 13.5. The molecule has 3 unspecified atom stereocenters. The van der Waals surface area contributed by atoms with E-state index in [9.17, 15) is 4.79 Å². The van der Waals surface area contributed by atoms with Crippen molar-refractivity contribution in [2.75, 3.05) is 0 Å². The van der Waals surface area contributed by atoms with Gasteiger partial charge in [-0.1, -0.05) is 110 Å². The van der Waals surface area contributed by atoms with Crippen LogP contribution in [0.5, 0.6) is 0 Å². The fraction of sp³-hybridized carbons (Fsp3) is 0.286. The summed E-state index contributed by atoms with van der Waals surface area (Å²) in [5, 5.41) is 2.97. The summed E-state index contributed by atoms with van der Waals surface area (Å²) in [5.74, 6) is 3.66. The van der Waals surface area contributed by atoms with Crippen molar-refractivity contribution in [1.82, 2.24) is 0 Å². The van der Waals surface area contributed by atoms with Crippen LogP contribution in [0.2, 0.25) is 0 Å².